The number of nitrogens with two attached hydrogens (primary N) is 1. The number of hydrogen-bond donors (Lipinski definition) is 2. The molecule has 0 bridgehead atoms. The second-order valence-electron chi connectivity index (χ2n) is 4.47. The zero-order valence-corrected chi connectivity index (χ0v) is 9.52. The Bertz CT molecular complexity index is 366. The average molecular weight is 222 g/mol. The van der Waals surface area contributed by atoms with Crippen LogP contribution in [0, 0.1) is 0 Å². The number of aryl methyl sites for hydroxylation is 1. The topological polar surface area (TPSA) is 72.9 Å². The number of carbonyl (C=O) groups is 1. The molecule has 1 aliphatic carbocycles. The van der Waals surface area contributed by atoms with Gasteiger partial charge in [0.1, 0.15) is 5.69 Å². The summed E-state index contributed by atoms with van der Waals surface area (Å²) in [4.78, 5) is 15.8. The number of nitrogens with one attached hydrogen (secondary N) is 1. The Hall–Kier alpha value is -1.36. The molecule has 88 valence electrons. The van der Waals surface area contributed by atoms with Crippen LogP contribution in [0.4, 0.5) is 0 Å². The first kappa shape index (κ1) is 11.1. The lowest BCUT2D eigenvalue weighted by molar-refractivity contribution is 0.0917. The van der Waals surface area contributed by atoms with Gasteiger partial charge in [0.2, 0.25) is 0 Å². The van der Waals surface area contributed by atoms with Gasteiger partial charge in [0, 0.05) is 19.1 Å². The van der Waals surface area contributed by atoms with E-state index in [0.717, 1.165) is 25.7 Å². The van der Waals surface area contributed by atoms with Gasteiger partial charge in [-0.05, 0) is 25.7 Å². The van der Waals surface area contributed by atoms with Gasteiger partial charge in [-0.25, -0.2) is 4.98 Å². The van der Waals surface area contributed by atoms with Crippen molar-refractivity contribution < 1.29 is 4.79 Å². The number of amides is 1. The highest BCUT2D eigenvalue weighted by atomic mass is 16.2. The first-order chi connectivity index (χ1) is 7.66. The minimum Gasteiger partial charge on any atom is -0.348 e. The van der Waals surface area contributed by atoms with Crippen LogP contribution in [0.15, 0.2) is 12.5 Å². The molecule has 0 spiro atoms. The van der Waals surface area contributed by atoms with Crippen LogP contribution in [0.25, 0.3) is 0 Å². The fourth-order valence-electron chi connectivity index (χ4n) is 2.10. The van der Waals surface area contributed by atoms with Gasteiger partial charge in [-0.2, -0.15) is 0 Å². The van der Waals surface area contributed by atoms with Crippen molar-refractivity contribution in [3.05, 3.63) is 18.2 Å². The van der Waals surface area contributed by atoms with Crippen molar-refractivity contribution in [1.82, 2.24) is 14.9 Å². The summed E-state index contributed by atoms with van der Waals surface area (Å²) in [6, 6.07) is 0.576. The van der Waals surface area contributed by atoms with Crippen molar-refractivity contribution in [3.8, 4) is 0 Å². The SMILES string of the molecule is Cn1cncc1C(=O)NC1CCC(N)CC1. The first-order valence-corrected chi connectivity index (χ1v) is 5.69. The summed E-state index contributed by atoms with van der Waals surface area (Å²) in [5.41, 5.74) is 6.43. The van der Waals surface area contributed by atoms with E-state index in [1.807, 2.05) is 7.05 Å². The van der Waals surface area contributed by atoms with Crippen molar-refractivity contribution in [2.24, 2.45) is 12.8 Å². The monoisotopic (exact) mass is 222 g/mol. The maximum atomic E-state index is 11.9. The summed E-state index contributed by atoms with van der Waals surface area (Å²) in [7, 11) is 1.82. The molecule has 1 fully saturated rings. The lowest BCUT2D eigenvalue weighted by atomic mass is 9.92. The Morgan fingerprint density at radius 3 is 2.75 bits per heavy atom. The van der Waals surface area contributed by atoms with Crippen molar-refractivity contribution in [3.63, 3.8) is 0 Å². The number of rotatable bonds is 2. The molecule has 1 amide bonds. The van der Waals surface area contributed by atoms with Gasteiger partial charge in [-0.1, -0.05) is 0 Å². The normalized spacial score (nSPS) is 25.4. The highest BCUT2D eigenvalue weighted by Crippen LogP contribution is 2.17. The van der Waals surface area contributed by atoms with Gasteiger partial charge in [0.05, 0.1) is 12.5 Å². The Labute approximate surface area is 95.0 Å². The third-order valence-corrected chi connectivity index (χ3v) is 3.16. The van der Waals surface area contributed by atoms with Crippen LogP contribution in [0.5, 0.6) is 0 Å². The molecule has 0 radical (unpaired) electrons. The maximum absolute atomic E-state index is 11.9. The molecule has 0 saturated heterocycles. The second-order valence-corrected chi connectivity index (χ2v) is 4.47. The first-order valence-electron chi connectivity index (χ1n) is 5.69. The number of imidazole rings is 1. The number of hydrogen-bond acceptors (Lipinski definition) is 3. The highest BCUT2D eigenvalue weighted by molar-refractivity contribution is 5.92. The molecule has 5 nitrogen and oxygen atoms in total. The maximum Gasteiger partial charge on any atom is 0.269 e. The molecule has 16 heavy (non-hydrogen) atoms. The smallest absolute Gasteiger partial charge is 0.269 e. The zero-order chi connectivity index (χ0) is 11.5. The van der Waals surface area contributed by atoms with Crippen LogP contribution >= 0.6 is 0 Å². The standard InChI is InChI=1S/C11H18N4O/c1-15-7-13-6-10(15)11(16)14-9-4-2-8(12)3-5-9/h6-9H,2-5,12H2,1H3,(H,14,16). The van der Waals surface area contributed by atoms with Crippen LogP contribution in [-0.2, 0) is 7.05 Å². The zero-order valence-electron chi connectivity index (χ0n) is 9.52. The van der Waals surface area contributed by atoms with E-state index >= 15 is 0 Å². The van der Waals surface area contributed by atoms with Gasteiger partial charge in [-0.15, -0.1) is 0 Å². The Morgan fingerprint density at radius 2 is 2.19 bits per heavy atom. The van der Waals surface area contributed by atoms with Gasteiger partial charge in [0.15, 0.2) is 0 Å². The second kappa shape index (κ2) is 4.65. The number of carbonyl (C=O) groups excluding carboxylic acids is 1. The molecule has 1 aromatic rings. The van der Waals surface area contributed by atoms with Crippen LogP contribution in [-0.4, -0.2) is 27.5 Å². The molecule has 5 heteroatoms. The van der Waals surface area contributed by atoms with Crippen LogP contribution < -0.4 is 11.1 Å². The molecular weight excluding hydrogens is 204 g/mol. The van der Waals surface area contributed by atoms with E-state index in [1.165, 1.54) is 0 Å². The summed E-state index contributed by atoms with van der Waals surface area (Å²) in [5, 5.41) is 3.03. The molecule has 0 aliphatic heterocycles. The molecule has 0 unspecified atom stereocenters. The lowest BCUT2D eigenvalue weighted by Gasteiger charge is -2.26. The van der Waals surface area contributed by atoms with Gasteiger partial charge < -0.3 is 15.6 Å². The lowest BCUT2D eigenvalue weighted by Crippen LogP contribution is -2.40. The summed E-state index contributed by atoms with van der Waals surface area (Å²) >= 11 is 0. The Morgan fingerprint density at radius 1 is 1.50 bits per heavy atom. The Balaban J connectivity index is 1.91. The molecule has 1 saturated carbocycles. The molecule has 0 aromatic carbocycles. The van der Waals surface area contributed by atoms with Crippen molar-refractivity contribution in [2.75, 3.05) is 0 Å². The van der Waals surface area contributed by atoms with E-state index in [0.29, 0.717) is 11.7 Å². The van der Waals surface area contributed by atoms with E-state index in [-0.39, 0.29) is 11.9 Å². The quantitative estimate of drug-likeness (QED) is 0.761. The van der Waals surface area contributed by atoms with Crippen molar-refractivity contribution in [1.29, 1.82) is 0 Å². The average Bonchev–Trinajstić information content (AvgIpc) is 2.68. The van der Waals surface area contributed by atoms with E-state index in [2.05, 4.69) is 10.3 Å². The summed E-state index contributed by atoms with van der Waals surface area (Å²) in [5.74, 6) is -0.0412. The molecule has 1 aliphatic rings. The molecule has 1 heterocycles. The molecule has 1 aromatic heterocycles. The molecular formula is C11H18N4O. The fourth-order valence-corrected chi connectivity index (χ4v) is 2.10. The third-order valence-electron chi connectivity index (χ3n) is 3.16. The van der Waals surface area contributed by atoms with Crippen molar-refractivity contribution in [2.45, 2.75) is 37.8 Å². The van der Waals surface area contributed by atoms with Crippen LogP contribution in [0.1, 0.15) is 36.2 Å². The predicted octanol–water partition coefficient (Wildman–Crippen LogP) is 0.420. The Kier molecular flexibility index (Phi) is 3.24. The third kappa shape index (κ3) is 2.41. The van der Waals surface area contributed by atoms with E-state index < -0.39 is 0 Å². The largest absolute Gasteiger partial charge is 0.348 e. The van der Waals surface area contributed by atoms with Gasteiger partial charge in [0.25, 0.3) is 5.91 Å². The minimum absolute atomic E-state index is 0.0412. The number of nitrogens with zero attached hydrogens (tertiary/aromatic N) is 2. The molecule has 2 rings (SSSR count). The van der Waals surface area contributed by atoms with E-state index in [1.54, 1.807) is 17.1 Å². The summed E-state index contributed by atoms with van der Waals surface area (Å²) < 4.78 is 1.73. The number of aromatic nitrogens is 2. The molecule has 0 atom stereocenters. The fraction of sp³-hybridized carbons (Fsp3) is 0.636. The van der Waals surface area contributed by atoms with Crippen LogP contribution in [0.3, 0.4) is 0 Å². The summed E-state index contributed by atoms with van der Waals surface area (Å²) in [6.07, 6.45) is 7.16. The van der Waals surface area contributed by atoms with Gasteiger partial charge in [-0.3, -0.25) is 4.79 Å². The van der Waals surface area contributed by atoms with Crippen molar-refractivity contribution >= 4 is 5.91 Å². The van der Waals surface area contributed by atoms with E-state index in [9.17, 15) is 4.79 Å². The minimum atomic E-state index is -0.0412. The highest BCUT2D eigenvalue weighted by Gasteiger charge is 2.21. The van der Waals surface area contributed by atoms with E-state index in [4.69, 9.17) is 5.73 Å². The predicted molar refractivity (Wildman–Crippen MR) is 60.9 cm³/mol. The molecule has 3 N–H and O–H groups in total. The van der Waals surface area contributed by atoms with Crippen LogP contribution in [0.2, 0.25) is 0 Å². The van der Waals surface area contributed by atoms with Gasteiger partial charge >= 0.3 is 0 Å². The summed E-state index contributed by atoms with van der Waals surface area (Å²) in [6.45, 7) is 0.